The van der Waals surface area contributed by atoms with E-state index in [1.807, 2.05) is 18.2 Å². The third kappa shape index (κ3) is 4.00. The minimum Gasteiger partial charge on any atom is -0.487 e. The van der Waals surface area contributed by atoms with Gasteiger partial charge in [-0.1, -0.05) is 54.1 Å². The van der Waals surface area contributed by atoms with Crippen molar-refractivity contribution in [3.8, 4) is 5.75 Å². The van der Waals surface area contributed by atoms with E-state index in [4.69, 9.17) is 21.1 Å². The Morgan fingerprint density at radius 2 is 1.83 bits per heavy atom. The van der Waals surface area contributed by atoms with Gasteiger partial charge in [0.2, 0.25) is 0 Å². The summed E-state index contributed by atoms with van der Waals surface area (Å²) in [5, 5.41) is 3.56. The molecule has 0 bridgehead atoms. The van der Waals surface area contributed by atoms with E-state index < -0.39 is 11.9 Å². The highest BCUT2D eigenvalue weighted by Crippen LogP contribution is 2.47. The average molecular weight is 490 g/mol. The van der Waals surface area contributed by atoms with Crippen molar-refractivity contribution in [2.45, 2.75) is 19.4 Å². The Balaban J connectivity index is 1.54. The summed E-state index contributed by atoms with van der Waals surface area (Å²) < 4.78 is 24.3. The SMILES string of the molecule is COC(=O)C1=C(C)NC2=C(C(=O)c3ccccc32)C1c1ccc(OCc2cccc(F)c2)c(Cl)c1. The first-order chi connectivity index (χ1) is 16.9. The Labute approximate surface area is 206 Å². The fourth-order valence-electron chi connectivity index (χ4n) is 4.64. The fourth-order valence-corrected chi connectivity index (χ4v) is 4.89. The predicted molar refractivity (Wildman–Crippen MR) is 130 cm³/mol. The topological polar surface area (TPSA) is 64.6 Å². The Morgan fingerprint density at radius 1 is 1.06 bits per heavy atom. The molecule has 176 valence electrons. The number of benzene rings is 3. The molecule has 1 heterocycles. The van der Waals surface area contributed by atoms with Crippen molar-refractivity contribution >= 4 is 29.1 Å². The van der Waals surface area contributed by atoms with Crippen molar-refractivity contribution in [1.29, 1.82) is 0 Å². The van der Waals surface area contributed by atoms with E-state index in [1.54, 1.807) is 43.3 Å². The van der Waals surface area contributed by atoms with Crippen LogP contribution in [0.5, 0.6) is 5.75 Å². The van der Waals surface area contributed by atoms with E-state index in [0.717, 1.165) is 5.56 Å². The summed E-state index contributed by atoms with van der Waals surface area (Å²) in [6.45, 7) is 1.92. The summed E-state index contributed by atoms with van der Waals surface area (Å²) in [7, 11) is 1.31. The van der Waals surface area contributed by atoms with E-state index >= 15 is 0 Å². The van der Waals surface area contributed by atoms with E-state index in [-0.39, 0.29) is 18.2 Å². The Morgan fingerprint density at radius 3 is 2.54 bits per heavy atom. The maximum absolute atomic E-state index is 13.5. The second-order valence-corrected chi connectivity index (χ2v) is 8.77. The van der Waals surface area contributed by atoms with Gasteiger partial charge in [0.1, 0.15) is 18.2 Å². The van der Waals surface area contributed by atoms with Crippen LogP contribution < -0.4 is 10.1 Å². The molecule has 35 heavy (non-hydrogen) atoms. The zero-order chi connectivity index (χ0) is 24.7. The van der Waals surface area contributed by atoms with Gasteiger partial charge >= 0.3 is 5.97 Å². The van der Waals surface area contributed by atoms with Gasteiger partial charge in [0, 0.05) is 28.3 Å². The number of rotatable bonds is 5. The number of ether oxygens (including phenoxy) is 2. The zero-order valence-corrected chi connectivity index (χ0v) is 19.8. The van der Waals surface area contributed by atoms with Gasteiger partial charge in [0.15, 0.2) is 5.78 Å². The van der Waals surface area contributed by atoms with Crippen LogP contribution in [-0.2, 0) is 16.1 Å². The second kappa shape index (κ2) is 9.04. The first kappa shape index (κ1) is 22.9. The fraction of sp³-hybridized carbons (Fsp3) is 0.143. The second-order valence-electron chi connectivity index (χ2n) is 8.36. The molecular weight excluding hydrogens is 469 g/mol. The molecule has 2 aliphatic rings. The van der Waals surface area contributed by atoms with Crippen molar-refractivity contribution < 1.29 is 23.5 Å². The molecule has 1 atom stereocenters. The summed E-state index contributed by atoms with van der Waals surface area (Å²) in [5.74, 6) is -1.29. The lowest BCUT2D eigenvalue weighted by Crippen LogP contribution is -2.29. The van der Waals surface area contributed by atoms with Gasteiger partial charge in [-0.15, -0.1) is 0 Å². The summed E-state index contributed by atoms with van der Waals surface area (Å²) in [6.07, 6.45) is 0. The quantitative estimate of drug-likeness (QED) is 0.459. The highest BCUT2D eigenvalue weighted by atomic mass is 35.5. The van der Waals surface area contributed by atoms with Crippen molar-refractivity contribution in [1.82, 2.24) is 5.32 Å². The third-order valence-electron chi connectivity index (χ3n) is 6.23. The van der Waals surface area contributed by atoms with Crippen LogP contribution in [0.25, 0.3) is 5.70 Å². The summed E-state index contributed by atoms with van der Waals surface area (Å²) in [5.41, 5.74) is 4.80. The van der Waals surface area contributed by atoms with E-state index in [0.29, 0.717) is 50.0 Å². The number of nitrogens with one attached hydrogen (secondary N) is 1. The highest BCUT2D eigenvalue weighted by molar-refractivity contribution is 6.32. The molecule has 0 saturated carbocycles. The van der Waals surface area contributed by atoms with Crippen LogP contribution in [0.2, 0.25) is 5.02 Å². The molecule has 0 aromatic heterocycles. The molecule has 0 radical (unpaired) electrons. The molecule has 0 amide bonds. The number of dihydropyridines is 1. The van der Waals surface area contributed by atoms with Crippen LogP contribution in [-0.4, -0.2) is 18.9 Å². The molecule has 1 aliphatic carbocycles. The number of hydrogen-bond donors (Lipinski definition) is 1. The number of halogens is 2. The number of methoxy groups -OCH3 is 1. The average Bonchev–Trinajstić information content (AvgIpc) is 3.13. The van der Waals surface area contributed by atoms with Crippen molar-refractivity contribution in [3.05, 3.63) is 117 Å². The Bertz CT molecular complexity index is 1440. The summed E-state index contributed by atoms with van der Waals surface area (Å²) in [6, 6.07) is 18.6. The van der Waals surface area contributed by atoms with Crippen LogP contribution in [0.15, 0.2) is 83.6 Å². The lowest BCUT2D eigenvalue weighted by Gasteiger charge is -2.29. The Kier molecular flexibility index (Phi) is 5.91. The number of esters is 1. The number of fused-ring (bicyclic) bond motifs is 2. The van der Waals surface area contributed by atoms with Crippen molar-refractivity contribution in [2.24, 2.45) is 0 Å². The molecule has 1 aliphatic heterocycles. The molecule has 3 aromatic carbocycles. The van der Waals surface area contributed by atoms with Gasteiger partial charge in [-0.3, -0.25) is 4.79 Å². The molecule has 3 aromatic rings. The maximum Gasteiger partial charge on any atom is 0.336 e. The molecule has 0 spiro atoms. The maximum atomic E-state index is 13.5. The standard InChI is InChI=1S/C28H21ClFNO4/c1-15-23(28(33)34-2)24(25-26(31-15)19-8-3-4-9-20(19)27(25)32)17-10-11-22(21(29)13-17)35-14-16-6-5-7-18(30)12-16/h3-13,24,31H,14H2,1-2H3. The largest absolute Gasteiger partial charge is 0.487 e. The van der Waals surface area contributed by atoms with Gasteiger partial charge in [0.25, 0.3) is 0 Å². The van der Waals surface area contributed by atoms with Gasteiger partial charge in [-0.25, -0.2) is 9.18 Å². The number of carbonyl (C=O) groups excluding carboxylic acids is 2. The number of carbonyl (C=O) groups is 2. The minimum absolute atomic E-state index is 0.139. The van der Waals surface area contributed by atoms with Crippen molar-refractivity contribution in [3.63, 3.8) is 0 Å². The lowest BCUT2D eigenvalue weighted by atomic mass is 9.80. The molecule has 5 nitrogen and oxygen atoms in total. The first-order valence-corrected chi connectivity index (χ1v) is 11.4. The van der Waals surface area contributed by atoms with Gasteiger partial charge in [0.05, 0.1) is 23.4 Å². The van der Waals surface area contributed by atoms with Crippen LogP contribution in [0.1, 0.15) is 39.9 Å². The van der Waals surface area contributed by atoms with Crippen LogP contribution in [0.4, 0.5) is 4.39 Å². The van der Waals surface area contributed by atoms with E-state index in [9.17, 15) is 14.0 Å². The minimum atomic E-state index is -0.673. The third-order valence-corrected chi connectivity index (χ3v) is 6.52. The normalized spacial score (nSPS) is 16.6. The number of hydrogen-bond acceptors (Lipinski definition) is 5. The molecule has 1 N–H and O–H groups in total. The first-order valence-electron chi connectivity index (χ1n) is 11.0. The van der Waals surface area contributed by atoms with Crippen LogP contribution in [0, 0.1) is 5.82 Å². The van der Waals surface area contributed by atoms with Crippen LogP contribution >= 0.6 is 11.6 Å². The smallest absolute Gasteiger partial charge is 0.336 e. The number of ketones is 1. The Hall–Kier alpha value is -3.90. The molecule has 0 saturated heterocycles. The van der Waals surface area contributed by atoms with Crippen molar-refractivity contribution in [2.75, 3.05) is 7.11 Å². The molecule has 1 unspecified atom stereocenters. The van der Waals surface area contributed by atoms with E-state index in [1.165, 1.54) is 19.2 Å². The monoisotopic (exact) mass is 489 g/mol. The van der Waals surface area contributed by atoms with Gasteiger partial charge < -0.3 is 14.8 Å². The number of Topliss-reactive ketones (excluding diaryl/α,β-unsaturated/α-hetero) is 1. The van der Waals surface area contributed by atoms with E-state index in [2.05, 4.69) is 5.32 Å². The van der Waals surface area contributed by atoms with Gasteiger partial charge in [-0.05, 0) is 42.3 Å². The summed E-state index contributed by atoms with van der Waals surface area (Å²) >= 11 is 6.56. The molecule has 7 heteroatoms. The zero-order valence-electron chi connectivity index (χ0n) is 19.0. The highest BCUT2D eigenvalue weighted by Gasteiger charge is 2.42. The summed E-state index contributed by atoms with van der Waals surface area (Å²) in [4.78, 5) is 26.3. The van der Waals surface area contributed by atoms with Crippen LogP contribution in [0.3, 0.4) is 0 Å². The predicted octanol–water partition coefficient (Wildman–Crippen LogP) is 5.80. The molecule has 5 rings (SSSR count). The number of allylic oxidation sites excluding steroid dienone is 2. The molecular formula is C28H21ClFNO4. The molecule has 0 fully saturated rings. The van der Waals surface area contributed by atoms with Gasteiger partial charge in [-0.2, -0.15) is 0 Å². The lowest BCUT2D eigenvalue weighted by molar-refractivity contribution is -0.136.